The molecule has 0 aromatic carbocycles. The van der Waals surface area contributed by atoms with Crippen LogP contribution in [0.15, 0.2) is 11.8 Å². The summed E-state index contributed by atoms with van der Waals surface area (Å²) in [6.07, 6.45) is -16.5. The second-order valence-corrected chi connectivity index (χ2v) is 6.37. The highest BCUT2D eigenvalue weighted by atomic mass is 19.4. The first-order valence-corrected chi connectivity index (χ1v) is 7.62. The van der Waals surface area contributed by atoms with Gasteiger partial charge in [-0.2, -0.15) is 65.9 Å². The minimum Gasteiger partial charge on any atom is -0.515 e. The molecule has 0 aromatic rings. The van der Waals surface area contributed by atoms with Crippen LogP contribution in [-0.4, -0.2) is 53.0 Å². The molecular formula is C14H11F15O3. The number of aliphatic hydroxyl groups excluding tert-OH is 1. The van der Waals surface area contributed by atoms with Gasteiger partial charge in [-0.15, -0.1) is 0 Å². The molecular weight excluding hydrogens is 501 g/mol. The first-order valence-electron chi connectivity index (χ1n) is 7.62. The van der Waals surface area contributed by atoms with E-state index in [0.29, 0.717) is 6.92 Å². The van der Waals surface area contributed by atoms with Crippen molar-refractivity contribution in [1.82, 2.24) is 0 Å². The highest BCUT2D eigenvalue weighted by Crippen LogP contribution is 2.61. The summed E-state index contributed by atoms with van der Waals surface area (Å²) >= 11 is 0. The lowest BCUT2D eigenvalue weighted by Crippen LogP contribution is -2.71. The van der Waals surface area contributed by atoms with Gasteiger partial charge in [-0.25, -0.2) is 4.79 Å². The zero-order valence-electron chi connectivity index (χ0n) is 15.3. The predicted molar refractivity (Wildman–Crippen MR) is 72.0 cm³/mol. The van der Waals surface area contributed by atoms with E-state index < -0.39 is 72.0 Å². The molecule has 0 rings (SSSR count). The summed E-state index contributed by atoms with van der Waals surface area (Å²) in [6.45, 7) is 0.0827. The Labute approximate surface area is 167 Å². The second kappa shape index (κ2) is 8.39. The van der Waals surface area contributed by atoms with E-state index in [1.54, 1.807) is 0 Å². The molecule has 0 aliphatic heterocycles. The monoisotopic (exact) mass is 512 g/mol. The summed E-state index contributed by atoms with van der Waals surface area (Å²) < 4.78 is 201. The number of carbonyl (C=O) groups is 1. The molecule has 0 saturated carbocycles. The van der Waals surface area contributed by atoms with Gasteiger partial charge in [0.15, 0.2) is 0 Å². The molecule has 0 aliphatic rings. The Hall–Kier alpha value is -2.04. The molecule has 18 heteroatoms. The highest BCUT2D eigenvalue weighted by Gasteiger charge is 2.91. The van der Waals surface area contributed by atoms with Gasteiger partial charge in [0.05, 0.1) is 17.8 Å². The van der Waals surface area contributed by atoms with Gasteiger partial charge in [-0.1, -0.05) is 6.92 Å². The number of ether oxygens (including phenoxy) is 1. The van der Waals surface area contributed by atoms with E-state index in [4.69, 9.17) is 5.11 Å². The molecule has 1 N–H and O–H groups in total. The fourth-order valence-electron chi connectivity index (χ4n) is 1.75. The van der Waals surface area contributed by atoms with E-state index in [1.807, 2.05) is 0 Å². The van der Waals surface area contributed by atoms with Crippen molar-refractivity contribution in [3.05, 3.63) is 11.8 Å². The average Bonchev–Trinajstić information content (AvgIpc) is 2.58. The van der Waals surface area contributed by atoms with Crippen molar-refractivity contribution in [2.75, 3.05) is 0 Å². The lowest BCUT2D eigenvalue weighted by Gasteiger charge is -2.41. The van der Waals surface area contributed by atoms with Crippen LogP contribution in [0.1, 0.15) is 20.3 Å². The van der Waals surface area contributed by atoms with Crippen LogP contribution >= 0.6 is 0 Å². The van der Waals surface area contributed by atoms with Gasteiger partial charge in [0.25, 0.3) is 0 Å². The normalized spacial score (nSPS) is 16.7. The molecule has 0 saturated heterocycles. The van der Waals surface area contributed by atoms with Gasteiger partial charge in [0, 0.05) is 6.42 Å². The van der Waals surface area contributed by atoms with Gasteiger partial charge in [-0.05, 0) is 6.92 Å². The molecule has 1 unspecified atom stereocenters. The van der Waals surface area contributed by atoms with E-state index in [2.05, 4.69) is 4.74 Å². The molecule has 190 valence electrons. The molecule has 0 fully saturated rings. The maximum absolute atomic E-state index is 13.5. The Morgan fingerprint density at radius 1 is 0.781 bits per heavy atom. The van der Waals surface area contributed by atoms with Crippen molar-refractivity contribution in [3.63, 3.8) is 0 Å². The zero-order chi connectivity index (χ0) is 26.4. The smallest absolute Gasteiger partial charge is 0.473 e. The van der Waals surface area contributed by atoms with E-state index >= 15 is 0 Å². The second-order valence-electron chi connectivity index (χ2n) is 6.37. The Morgan fingerprint density at radius 3 is 1.50 bits per heavy atom. The quantitative estimate of drug-likeness (QED) is 0.170. The van der Waals surface area contributed by atoms with Crippen LogP contribution in [0.25, 0.3) is 0 Å². The molecule has 0 amide bonds. The summed E-state index contributed by atoms with van der Waals surface area (Å²) in [6, 6.07) is 0. The molecule has 0 aromatic heterocycles. The minimum atomic E-state index is -8.13. The van der Waals surface area contributed by atoms with E-state index in [-0.39, 0.29) is 6.92 Å². The summed E-state index contributed by atoms with van der Waals surface area (Å²) in [5.41, 5.74) is -1.41. The van der Waals surface area contributed by atoms with Crippen LogP contribution < -0.4 is 0 Å². The molecule has 3 nitrogen and oxygen atoms in total. The van der Waals surface area contributed by atoms with Crippen molar-refractivity contribution in [1.29, 1.82) is 0 Å². The van der Waals surface area contributed by atoms with Crippen LogP contribution in [0.3, 0.4) is 0 Å². The van der Waals surface area contributed by atoms with E-state index in [0.717, 1.165) is 0 Å². The highest BCUT2D eigenvalue weighted by molar-refractivity contribution is 5.87. The van der Waals surface area contributed by atoms with Crippen molar-refractivity contribution < 1.29 is 80.5 Å². The lowest BCUT2D eigenvalue weighted by molar-refractivity contribution is -0.451. The van der Waals surface area contributed by atoms with Crippen molar-refractivity contribution in [2.45, 2.75) is 62.2 Å². The summed E-state index contributed by atoms with van der Waals surface area (Å²) in [4.78, 5) is 10.9. The van der Waals surface area contributed by atoms with Gasteiger partial charge >= 0.3 is 47.9 Å². The molecule has 0 spiro atoms. The Bertz CT molecular complexity index is 723. The van der Waals surface area contributed by atoms with Crippen LogP contribution in [0.5, 0.6) is 0 Å². The van der Waals surface area contributed by atoms with Crippen LogP contribution in [0, 0.1) is 5.92 Å². The van der Waals surface area contributed by atoms with E-state index in [1.165, 1.54) is 0 Å². The number of carbonyl (C=O) groups excluding carboxylic acids is 1. The Morgan fingerprint density at radius 2 is 1.16 bits per heavy atom. The third-order valence-electron chi connectivity index (χ3n) is 3.87. The molecule has 0 radical (unpaired) electrons. The van der Waals surface area contributed by atoms with Crippen LogP contribution in [0.4, 0.5) is 65.9 Å². The fourth-order valence-corrected chi connectivity index (χ4v) is 1.75. The number of hydrogen-bond donors (Lipinski definition) is 1. The third-order valence-corrected chi connectivity index (χ3v) is 3.87. The molecule has 0 heterocycles. The maximum atomic E-state index is 13.5. The molecule has 0 aliphatic carbocycles. The van der Waals surface area contributed by atoms with Crippen LogP contribution in [0.2, 0.25) is 0 Å². The van der Waals surface area contributed by atoms with Gasteiger partial charge in [0.1, 0.15) is 0 Å². The largest absolute Gasteiger partial charge is 0.515 e. The SMILES string of the molecule is C/C(=C\O)C(=O)OC(F)(F)C(F)(F)C(F)(F)C(F)(F)C(F)(F)C(F)(F)CC(C)C(F)(F)F. The predicted octanol–water partition coefficient (Wildman–Crippen LogP) is 6.35. The Balaban J connectivity index is 6.37. The number of rotatable bonds is 9. The average molecular weight is 512 g/mol. The standard InChI is InChI=1S/C14H11F15O3/c1-5(4-30)7(31)32-14(28,29)13(26,27)12(24,25)11(22,23)10(20,21)8(15,16)3-6(2)9(17,18)19/h4,6,30H,3H2,1-2H3/b5-4+. The first kappa shape index (κ1) is 30.0. The van der Waals surface area contributed by atoms with Gasteiger partial charge in [0.2, 0.25) is 0 Å². The number of halogens is 15. The van der Waals surface area contributed by atoms with Crippen LogP contribution in [-0.2, 0) is 9.53 Å². The number of hydrogen-bond acceptors (Lipinski definition) is 3. The topological polar surface area (TPSA) is 46.5 Å². The fraction of sp³-hybridized carbons (Fsp3) is 0.786. The number of esters is 1. The maximum Gasteiger partial charge on any atom is 0.473 e. The third kappa shape index (κ3) is 4.82. The lowest BCUT2D eigenvalue weighted by atomic mass is 9.89. The van der Waals surface area contributed by atoms with E-state index in [9.17, 15) is 70.7 Å². The first-order chi connectivity index (χ1) is 13.7. The summed E-state index contributed by atoms with van der Waals surface area (Å²) in [7, 11) is 0. The molecule has 0 bridgehead atoms. The van der Waals surface area contributed by atoms with Crippen molar-refractivity contribution in [2.24, 2.45) is 5.92 Å². The summed E-state index contributed by atoms with van der Waals surface area (Å²) in [5.74, 6) is -44.9. The Kier molecular flexibility index (Phi) is 7.85. The van der Waals surface area contributed by atoms with Gasteiger partial charge < -0.3 is 9.84 Å². The number of aliphatic hydroxyl groups is 1. The molecule has 32 heavy (non-hydrogen) atoms. The van der Waals surface area contributed by atoms with Gasteiger partial charge in [-0.3, -0.25) is 0 Å². The minimum absolute atomic E-state index is 0.264. The molecule has 1 atom stereocenters. The zero-order valence-corrected chi connectivity index (χ0v) is 15.3. The van der Waals surface area contributed by atoms with Crippen molar-refractivity contribution >= 4 is 5.97 Å². The summed E-state index contributed by atoms with van der Waals surface area (Å²) in [5, 5.41) is 8.29. The van der Waals surface area contributed by atoms with Crippen molar-refractivity contribution in [3.8, 4) is 0 Å². The number of alkyl halides is 15.